The van der Waals surface area contributed by atoms with Crippen molar-refractivity contribution < 1.29 is 9.84 Å². The Kier molecular flexibility index (Phi) is 3.66. The van der Waals surface area contributed by atoms with Crippen LogP contribution in [0.25, 0.3) is 0 Å². The largest absolute Gasteiger partial charge is 0.393 e. The van der Waals surface area contributed by atoms with Gasteiger partial charge in [-0.3, -0.25) is 0 Å². The van der Waals surface area contributed by atoms with Gasteiger partial charge in [-0.2, -0.15) is 0 Å². The van der Waals surface area contributed by atoms with Gasteiger partial charge in [-0.1, -0.05) is 13.8 Å². The third-order valence-electron chi connectivity index (χ3n) is 8.79. The molecule has 6 unspecified atom stereocenters. The lowest BCUT2D eigenvalue weighted by Gasteiger charge is -2.60. The van der Waals surface area contributed by atoms with Gasteiger partial charge in [0.2, 0.25) is 0 Å². The molecule has 0 bridgehead atoms. The molecule has 0 radical (unpaired) electrons. The van der Waals surface area contributed by atoms with E-state index in [1.807, 2.05) is 7.11 Å². The topological polar surface area (TPSA) is 29.5 Å². The molecule has 0 aromatic rings. The summed E-state index contributed by atoms with van der Waals surface area (Å²) in [5.74, 6) is 3.49. The second-order valence-electron chi connectivity index (χ2n) is 9.44. The molecule has 4 aliphatic carbocycles. The maximum Gasteiger partial charge on any atom is 0.0627 e. The molecule has 0 aromatic carbocycles. The molecule has 4 fully saturated rings. The van der Waals surface area contributed by atoms with Crippen molar-refractivity contribution in [3.8, 4) is 0 Å². The lowest BCUT2D eigenvalue weighted by atomic mass is 9.45. The quantitative estimate of drug-likeness (QED) is 0.778. The summed E-state index contributed by atoms with van der Waals surface area (Å²) in [6.45, 7) is 5.04. The van der Waals surface area contributed by atoms with Gasteiger partial charge in [-0.15, -0.1) is 0 Å². The Morgan fingerprint density at radius 1 is 0.864 bits per heavy atom. The summed E-state index contributed by atoms with van der Waals surface area (Å²) in [5, 5.41) is 10.3. The Balaban J connectivity index is 1.62. The third-order valence-corrected chi connectivity index (χ3v) is 8.79. The van der Waals surface area contributed by atoms with Crippen LogP contribution in [0.1, 0.15) is 71.6 Å². The summed E-state index contributed by atoms with van der Waals surface area (Å²) in [6, 6.07) is 0. The lowest BCUT2D eigenvalue weighted by Crippen LogP contribution is -2.54. The highest BCUT2D eigenvalue weighted by molar-refractivity contribution is 5.09. The molecule has 1 N–H and O–H groups in total. The van der Waals surface area contributed by atoms with Gasteiger partial charge in [0.25, 0.3) is 0 Å². The molecular weight excluding hydrogens is 272 g/mol. The summed E-state index contributed by atoms with van der Waals surface area (Å²) in [7, 11) is 1.92. The Morgan fingerprint density at radius 2 is 1.59 bits per heavy atom. The van der Waals surface area contributed by atoms with Crippen molar-refractivity contribution in [2.75, 3.05) is 7.11 Å². The van der Waals surface area contributed by atoms with Crippen molar-refractivity contribution in [2.45, 2.75) is 83.8 Å². The number of methoxy groups -OCH3 is 1. The van der Waals surface area contributed by atoms with Crippen LogP contribution in [0.5, 0.6) is 0 Å². The number of aliphatic hydroxyl groups excluding tert-OH is 1. The first kappa shape index (κ1) is 15.4. The fourth-order valence-corrected chi connectivity index (χ4v) is 7.67. The molecule has 0 saturated heterocycles. The van der Waals surface area contributed by atoms with Gasteiger partial charge in [-0.05, 0) is 92.3 Å². The monoisotopic (exact) mass is 306 g/mol. The summed E-state index contributed by atoms with van der Waals surface area (Å²) >= 11 is 0. The van der Waals surface area contributed by atoms with Crippen LogP contribution in [0.4, 0.5) is 0 Å². The molecule has 4 aliphatic rings. The van der Waals surface area contributed by atoms with Crippen molar-refractivity contribution in [3.05, 3.63) is 0 Å². The minimum atomic E-state index is -0.0383. The number of rotatable bonds is 1. The normalized spacial score (nSPS) is 57.8. The van der Waals surface area contributed by atoms with E-state index in [2.05, 4.69) is 13.8 Å². The molecule has 2 heteroatoms. The van der Waals surface area contributed by atoms with Crippen molar-refractivity contribution in [2.24, 2.45) is 34.5 Å². The molecule has 0 aromatic heterocycles. The average Bonchev–Trinajstić information content (AvgIpc) is 2.82. The van der Waals surface area contributed by atoms with Crippen LogP contribution in [-0.2, 0) is 4.74 Å². The summed E-state index contributed by atoms with van der Waals surface area (Å²) in [6.07, 6.45) is 12.0. The number of ether oxygens (including phenoxy) is 1. The average molecular weight is 306 g/mol. The zero-order chi connectivity index (χ0) is 15.5. The van der Waals surface area contributed by atoms with E-state index in [9.17, 15) is 5.11 Å². The van der Waals surface area contributed by atoms with E-state index in [4.69, 9.17) is 4.74 Å². The highest BCUT2D eigenvalue weighted by atomic mass is 16.5. The molecule has 0 amide bonds. The van der Waals surface area contributed by atoms with E-state index in [-0.39, 0.29) is 6.10 Å². The first-order chi connectivity index (χ1) is 10.5. The molecule has 0 spiro atoms. The van der Waals surface area contributed by atoms with E-state index in [0.717, 1.165) is 36.5 Å². The molecule has 0 aliphatic heterocycles. The van der Waals surface area contributed by atoms with E-state index >= 15 is 0 Å². The van der Waals surface area contributed by atoms with Gasteiger partial charge in [0.15, 0.2) is 0 Å². The maximum atomic E-state index is 10.3. The molecule has 2 nitrogen and oxygen atoms in total. The van der Waals surface area contributed by atoms with Crippen molar-refractivity contribution in [1.29, 1.82) is 0 Å². The van der Waals surface area contributed by atoms with Gasteiger partial charge in [0.05, 0.1) is 12.2 Å². The zero-order valence-corrected chi connectivity index (χ0v) is 14.7. The summed E-state index contributed by atoms with van der Waals surface area (Å²) in [5.41, 5.74) is 0.833. The molecule has 8 atom stereocenters. The van der Waals surface area contributed by atoms with Crippen LogP contribution >= 0.6 is 0 Å². The van der Waals surface area contributed by atoms with Crippen LogP contribution in [-0.4, -0.2) is 24.4 Å². The first-order valence-electron chi connectivity index (χ1n) is 9.70. The summed E-state index contributed by atoms with van der Waals surface area (Å²) < 4.78 is 5.87. The predicted molar refractivity (Wildman–Crippen MR) is 88.5 cm³/mol. The molecule has 4 rings (SSSR count). The van der Waals surface area contributed by atoms with Crippen LogP contribution in [0.15, 0.2) is 0 Å². The van der Waals surface area contributed by atoms with Crippen molar-refractivity contribution >= 4 is 0 Å². The van der Waals surface area contributed by atoms with Crippen molar-refractivity contribution in [1.82, 2.24) is 0 Å². The minimum absolute atomic E-state index is 0.0383. The van der Waals surface area contributed by atoms with Crippen LogP contribution in [0.3, 0.4) is 0 Å². The smallest absolute Gasteiger partial charge is 0.0627 e. The first-order valence-corrected chi connectivity index (χ1v) is 9.70. The Bertz CT molecular complexity index is 435. The third kappa shape index (κ3) is 1.99. The SMILES string of the molecule is COC1CCC2C3CCC4CC[C@H](O)CC4(C)C3CC[C@]12C. The molecule has 0 heterocycles. The highest BCUT2D eigenvalue weighted by Gasteiger charge is 2.60. The molecule has 126 valence electrons. The van der Waals surface area contributed by atoms with E-state index < -0.39 is 0 Å². The highest BCUT2D eigenvalue weighted by Crippen LogP contribution is 2.66. The van der Waals surface area contributed by atoms with Crippen LogP contribution in [0.2, 0.25) is 0 Å². The second kappa shape index (κ2) is 5.21. The van der Waals surface area contributed by atoms with Gasteiger partial charge in [0.1, 0.15) is 0 Å². The van der Waals surface area contributed by atoms with Crippen molar-refractivity contribution in [3.63, 3.8) is 0 Å². The molecule has 4 saturated carbocycles. The predicted octanol–water partition coefficient (Wildman–Crippen LogP) is 4.41. The van der Waals surface area contributed by atoms with Gasteiger partial charge < -0.3 is 9.84 Å². The Labute approximate surface area is 136 Å². The van der Waals surface area contributed by atoms with Crippen LogP contribution in [0, 0.1) is 34.5 Å². The number of hydrogen-bond acceptors (Lipinski definition) is 2. The maximum absolute atomic E-state index is 10.3. The lowest BCUT2D eigenvalue weighted by molar-refractivity contribution is -0.140. The van der Waals surface area contributed by atoms with E-state index in [0.29, 0.717) is 16.9 Å². The van der Waals surface area contributed by atoms with Gasteiger partial charge in [0, 0.05) is 7.11 Å². The van der Waals surface area contributed by atoms with Crippen LogP contribution < -0.4 is 0 Å². The second-order valence-corrected chi connectivity index (χ2v) is 9.44. The number of hydrogen-bond donors (Lipinski definition) is 1. The fourth-order valence-electron chi connectivity index (χ4n) is 7.67. The number of fused-ring (bicyclic) bond motifs is 5. The zero-order valence-electron chi connectivity index (χ0n) is 14.7. The summed E-state index contributed by atoms with van der Waals surface area (Å²) in [4.78, 5) is 0. The van der Waals surface area contributed by atoms with Gasteiger partial charge >= 0.3 is 0 Å². The molecular formula is C20H34O2. The Morgan fingerprint density at radius 3 is 2.36 bits per heavy atom. The van der Waals surface area contributed by atoms with E-state index in [1.165, 1.54) is 44.9 Å². The van der Waals surface area contributed by atoms with E-state index in [1.54, 1.807) is 0 Å². The molecule has 22 heavy (non-hydrogen) atoms. The number of aliphatic hydroxyl groups is 1. The standard InChI is InChI=1S/C20H34O2/c1-19-11-10-17-15(16(19)8-9-18(19)22-3)7-5-13-4-6-14(21)12-20(13,17)2/h13-18,21H,4-12H2,1-3H3/t13?,14-,15?,16?,17?,18?,19-,20?/m0/s1. The fraction of sp³-hybridized carbons (Fsp3) is 1.00. The Hall–Kier alpha value is -0.0800. The minimum Gasteiger partial charge on any atom is -0.393 e. The van der Waals surface area contributed by atoms with Gasteiger partial charge in [-0.25, -0.2) is 0 Å².